The zero-order chi connectivity index (χ0) is 10.8. The number of benzene rings is 1. The lowest BCUT2D eigenvalue weighted by atomic mass is 10.0. The van der Waals surface area contributed by atoms with Crippen LogP contribution in [-0.2, 0) is 11.2 Å². The van der Waals surface area contributed by atoms with E-state index in [2.05, 4.69) is 6.92 Å². The highest BCUT2D eigenvalue weighted by Gasteiger charge is 2.18. The van der Waals surface area contributed by atoms with Gasteiger partial charge in [-0.3, -0.25) is 0 Å². The van der Waals surface area contributed by atoms with Crippen LogP contribution in [0, 0.1) is 5.82 Å². The van der Waals surface area contributed by atoms with Gasteiger partial charge in [-0.25, -0.2) is 4.39 Å². The Balaban J connectivity index is 2.32. The van der Waals surface area contributed by atoms with Gasteiger partial charge in [-0.05, 0) is 48.6 Å². The van der Waals surface area contributed by atoms with Crippen LogP contribution in [-0.4, -0.2) is 13.7 Å². The van der Waals surface area contributed by atoms with Gasteiger partial charge in [-0.1, -0.05) is 11.6 Å². The van der Waals surface area contributed by atoms with Crippen molar-refractivity contribution < 1.29 is 9.13 Å². The second-order valence-corrected chi connectivity index (χ2v) is 3.98. The average Bonchev–Trinajstić information content (AvgIpc) is 2.51. The standard InChI is InChI=1S/C13H15FO/c1-9-7-10-3-4-11(14)8-13(10)12(9)5-6-15-2/h3-4,8H,5-7H2,1-2H3. The minimum atomic E-state index is -0.154. The maximum absolute atomic E-state index is 13.1. The quantitative estimate of drug-likeness (QED) is 0.738. The van der Waals surface area contributed by atoms with Gasteiger partial charge in [0.2, 0.25) is 0 Å². The minimum Gasteiger partial charge on any atom is -0.384 e. The molecule has 0 bridgehead atoms. The van der Waals surface area contributed by atoms with Crippen molar-refractivity contribution in [2.75, 3.05) is 13.7 Å². The molecule has 1 aliphatic rings. The van der Waals surface area contributed by atoms with E-state index in [1.165, 1.54) is 22.8 Å². The Hall–Kier alpha value is -1.15. The molecule has 1 aromatic rings. The number of hydrogen-bond donors (Lipinski definition) is 0. The molecule has 0 spiro atoms. The van der Waals surface area contributed by atoms with Crippen LogP contribution >= 0.6 is 0 Å². The lowest BCUT2D eigenvalue weighted by molar-refractivity contribution is 0.206. The molecule has 1 aromatic carbocycles. The van der Waals surface area contributed by atoms with Crippen LogP contribution < -0.4 is 0 Å². The van der Waals surface area contributed by atoms with E-state index < -0.39 is 0 Å². The molecule has 0 aliphatic heterocycles. The molecule has 2 rings (SSSR count). The average molecular weight is 206 g/mol. The van der Waals surface area contributed by atoms with Crippen molar-refractivity contribution in [3.05, 3.63) is 40.7 Å². The first kappa shape index (κ1) is 10.4. The second kappa shape index (κ2) is 4.15. The molecular weight excluding hydrogens is 191 g/mol. The van der Waals surface area contributed by atoms with Crippen LogP contribution in [0.4, 0.5) is 4.39 Å². The molecular formula is C13H15FO. The molecule has 0 heterocycles. The van der Waals surface area contributed by atoms with Crippen molar-refractivity contribution in [2.24, 2.45) is 0 Å². The van der Waals surface area contributed by atoms with E-state index in [4.69, 9.17) is 4.74 Å². The third-order valence-corrected chi connectivity index (χ3v) is 2.92. The third-order valence-electron chi connectivity index (χ3n) is 2.92. The molecule has 0 radical (unpaired) electrons. The summed E-state index contributed by atoms with van der Waals surface area (Å²) in [6.07, 6.45) is 1.83. The van der Waals surface area contributed by atoms with Crippen molar-refractivity contribution >= 4 is 5.57 Å². The molecule has 1 nitrogen and oxygen atoms in total. The number of rotatable bonds is 3. The highest BCUT2D eigenvalue weighted by atomic mass is 19.1. The predicted molar refractivity (Wildman–Crippen MR) is 59.2 cm³/mol. The Bertz CT molecular complexity index is 407. The Morgan fingerprint density at radius 3 is 2.93 bits per heavy atom. The molecule has 80 valence electrons. The summed E-state index contributed by atoms with van der Waals surface area (Å²) in [6.45, 7) is 2.81. The zero-order valence-electron chi connectivity index (χ0n) is 9.14. The van der Waals surface area contributed by atoms with E-state index >= 15 is 0 Å². The van der Waals surface area contributed by atoms with Gasteiger partial charge in [0.15, 0.2) is 0 Å². The van der Waals surface area contributed by atoms with Gasteiger partial charge in [0.1, 0.15) is 5.82 Å². The van der Waals surface area contributed by atoms with Gasteiger partial charge in [0, 0.05) is 7.11 Å². The number of methoxy groups -OCH3 is 1. The number of allylic oxidation sites excluding steroid dienone is 1. The smallest absolute Gasteiger partial charge is 0.123 e. The molecule has 0 saturated heterocycles. The van der Waals surface area contributed by atoms with Crippen LogP contribution in [0.15, 0.2) is 23.8 Å². The molecule has 0 aromatic heterocycles. The molecule has 0 unspecified atom stereocenters. The molecule has 0 N–H and O–H groups in total. The fourth-order valence-electron chi connectivity index (χ4n) is 2.16. The van der Waals surface area contributed by atoms with Crippen molar-refractivity contribution in [2.45, 2.75) is 19.8 Å². The normalized spacial score (nSPS) is 14.6. The Morgan fingerprint density at radius 1 is 1.40 bits per heavy atom. The first-order valence-electron chi connectivity index (χ1n) is 5.18. The first-order valence-corrected chi connectivity index (χ1v) is 5.18. The lowest BCUT2D eigenvalue weighted by Gasteiger charge is -2.06. The van der Waals surface area contributed by atoms with E-state index in [0.29, 0.717) is 6.61 Å². The summed E-state index contributed by atoms with van der Waals surface area (Å²) in [6, 6.07) is 5.05. The SMILES string of the molecule is COCCC1=C(C)Cc2ccc(F)cc21. The monoisotopic (exact) mass is 206 g/mol. The summed E-state index contributed by atoms with van der Waals surface area (Å²) >= 11 is 0. The number of hydrogen-bond acceptors (Lipinski definition) is 1. The fraction of sp³-hybridized carbons (Fsp3) is 0.385. The zero-order valence-corrected chi connectivity index (χ0v) is 9.14. The molecule has 0 amide bonds. The Labute approximate surface area is 89.6 Å². The van der Waals surface area contributed by atoms with Gasteiger partial charge in [-0.2, -0.15) is 0 Å². The summed E-state index contributed by atoms with van der Waals surface area (Å²) in [7, 11) is 1.69. The summed E-state index contributed by atoms with van der Waals surface area (Å²) in [5.41, 5.74) is 4.91. The fourth-order valence-corrected chi connectivity index (χ4v) is 2.16. The highest BCUT2D eigenvalue weighted by molar-refractivity contribution is 5.76. The highest BCUT2D eigenvalue weighted by Crippen LogP contribution is 2.34. The maximum Gasteiger partial charge on any atom is 0.123 e. The topological polar surface area (TPSA) is 9.23 Å². The van der Waals surface area contributed by atoms with Gasteiger partial charge in [0.25, 0.3) is 0 Å². The van der Waals surface area contributed by atoms with Gasteiger partial charge in [-0.15, -0.1) is 0 Å². The van der Waals surface area contributed by atoms with Crippen LogP contribution in [0.25, 0.3) is 5.57 Å². The van der Waals surface area contributed by atoms with Crippen molar-refractivity contribution in [3.8, 4) is 0 Å². The number of halogens is 1. The van der Waals surface area contributed by atoms with Crippen LogP contribution in [0.5, 0.6) is 0 Å². The Kier molecular flexibility index (Phi) is 2.87. The first-order chi connectivity index (χ1) is 7.22. The van der Waals surface area contributed by atoms with E-state index in [9.17, 15) is 4.39 Å². The predicted octanol–water partition coefficient (Wildman–Crippen LogP) is 3.19. The molecule has 2 heteroatoms. The van der Waals surface area contributed by atoms with Gasteiger partial charge < -0.3 is 4.74 Å². The van der Waals surface area contributed by atoms with Crippen LogP contribution in [0.3, 0.4) is 0 Å². The van der Waals surface area contributed by atoms with E-state index in [-0.39, 0.29) is 5.82 Å². The van der Waals surface area contributed by atoms with Crippen LogP contribution in [0.2, 0.25) is 0 Å². The number of ether oxygens (including phenoxy) is 1. The summed E-state index contributed by atoms with van der Waals surface area (Å²) in [4.78, 5) is 0. The minimum absolute atomic E-state index is 0.154. The maximum atomic E-state index is 13.1. The summed E-state index contributed by atoms with van der Waals surface area (Å²) in [5.74, 6) is -0.154. The van der Waals surface area contributed by atoms with Gasteiger partial charge >= 0.3 is 0 Å². The van der Waals surface area contributed by atoms with Crippen molar-refractivity contribution in [1.29, 1.82) is 0 Å². The lowest BCUT2D eigenvalue weighted by Crippen LogP contribution is -1.92. The molecule has 0 fully saturated rings. The van der Waals surface area contributed by atoms with E-state index in [1.807, 2.05) is 6.07 Å². The summed E-state index contributed by atoms with van der Waals surface area (Å²) < 4.78 is 18.2. The Morgan fingerprint density at radius 2 is 2.20 bits per heavy atom. The molecule has 15 heavy (non-hydrogen) atoms. The molecule has 0 atom stereocenters. The largest absolute Gasteiger partial charge is 0.384 e. The summed E-state index contributed by atoms with van der Waals surface area (Å²) in [5, 5.41) is 0. The van der Waals surface area contributed by atoms with Crippen molar-refractivity contribution in [3.63, 3.8) is 0 Å². The third kappa shape index (κ3) is 1.95. The van der Waals surface area contributed by atoms with Crippen LogP contribution in [0.1, 0.15) is 24.5 Å². The van der Waals surface area contributed by atoms with Crippen molar-refractivity contribution in [1.82, 2.24) is 0 Å². The van der Waals surface area contributed by atoms with Gasteiger partial charge in [0.05, 0.1) is 6.61 Å². The van der Waals surface area contributed by atoms with E-state index in [0.717, 1.165) is 18.4 Å². The molecule has 0 saturated carbocycles. The number of fused-ring (bicyclic) bond motifs is 1. The van der Waals surface area contributed by atoms with E-state index in [1.54, 1.807) is 13.2 Å². The second-order valence-electron chi connectivity index (χ2n) is 3.98. The molecule has 1 aliphatic carbocycles.